The van der Waals surface area contributed by atoms with Crippen LogP contribution in [-0.4, -0.2) is 19.7 Å². The van der Waals surface area contributed by atoms with Gasteiger partial charge in [-0.2, -0.15) is 0 Å². The largest absolute Gasteiger partial charge is 0.444 e. The summed E-state index contributed by atoms with van der Waals surface area (Å²) in [4.78, 5) is 4.43. The summed E-state index contributed by atoms with van der Waals surface area (Å²) in [6.45, 7) is 4.20. The van der Waals surface area contributed by atoms with E-state index < -0.39 is 0 Å². The third-order valence-corrected chi connectivity index (χ3v) is 5.14. The Morgan fingerprint density at radius 1 is 1.07 bits per heavy atom. The van der Waals surface area contributed by atoms with E-state index in [0.717, 1.165) is 0 Å². The van der Waals surface area contributed by atoms with Crippen LogP contribution in [0.5, 0.6) is 0 Å². The minimum Gasteiger partial charge on any atom is -0.444 e. The molecule has 4 aromatic rings. The zero-order valence-corrected chi connectivity index (χ0v) is 16.1. The fraction of sp³-hybridized carbons (Fsp3) is 0.0952. The van der Waals surface area contributed by atoms with E-state index in [0.29, 0.717) is 46.0 Å². The quantitative estimate of drug-likeness (QED) is 0.303. The predicted molar refractivity (Wildman–Crippen MR) is 107 cm³/mol. The van der Waals surface area contributed by atoms with Gasteiger partial charge in [0.25, 0.3) is 0 Å². The number of rotatable bonds is 7. The minimum atomic E-state index is -0.359. The molecule has 0 N–H and O–H groups in total. The van der Waals surface area contributed by atoms with E-state index in [9.17, 15) is 8.78 Å². The summed E-state index contributed by atoms with van der Waals surface area (Å²) in [5.41, 5.74) is 1.78. The molecule has 0 fully saturated rings. The first kappa shape index (κ1) is 19.1. The van der Waals surface area contributed by atoms with Gasteiger partial charge in [0.15, 0.2) is 11.0 Å². The van der Waals surface area contributed by atoms with Gasteiger partial charge < -0.3 is 4.42 Å². The van der Waals surface area contributed by atoms with E-state index in [1.807, 2.05) is 0 Å². The summed E-state index contributed by atoms with van der Waals surface area (Å²) in [7, 11) is 0. The van der Waals surface area contributed by atoms with Crippen LogP contribution in [-0.2, 0) is 12.3 Å². The second-order valence-electron chi connectivity index (χ2n) is 6.12. The highest BCUT2D eigenvalue weighted by Gasteiger charge is 2.17. The van der Waals surface area contributed by atoms with Gasteiger partial charge in [0.05, 0.1) is 11.3 Å². The molecule has 0 unspecified atom stereocenters. The number of oxazole rings is 1. The number of hydrogen-bond acceptors (Lipinski definition) is 5. The van der Waals surface area contributed by atoms with E-state index in [1.54, 1.807) is 47.2 Å². The second-order valence-corrected chi connectivity index (χ2v) is 7.07. The lowest BCUT2D eigenvalue weighted by Gasteiger charge is -2.07. The molecule has 2 heterocycles. The zero-order chi connectivity index (χ0) is 20.2. The Balaban J connectivity index is 1.54. The number of halogens is 2. The predicted octanol–water partition coefficient (Wildman–Crippen LogP) is 5.36. The van der Waals surface area contributed by atoms with E-state index in [1.165, 1.54) is 30.0 Å². The Labute approximate surface area is 170 Å². The van der Waals surface area contributed by atoms with Crippen molar-refractivity contribution in [2.45, 2.75) is 17.5 Å². The Morgan fingerprint density at radius 2 is 1.86 bits per heavy atom. The summed E-state index contributed by atoms with van der Waals surface area (Å²) in [5, 5.41) is 8.99. The molecule has 0 aliphatic carbocycles. The van der Waals surface area contributed by atoms with Crippen LogP contribution < -0.4 is 0 Å². The highest BCUT2D eigenvalue weighted by molar-refractivity contribution is 7.98. The molecule has 0 spiro atoms. The molecule has 146 valence electrons. The number of aromatic nitrogens is 4. The lowest BCUT2D eigenvalue weighted by Crippen LogP contribution is -2.01. The van der Waals surface area contributed by atoms with Crippen molar-refractivity contribution in [3.8, 4) is 22.8 Å². The van der Waals surface area contributed by atoms with Crippen molar-refractivity contribution in [2.24, 2.45) is 0 Å². The van der Waals surface area contributed by atoms with E-state index in [2.05, 4.69) is 21.8 Å². The fourth-order valence-corrected chi connectivity index (χ4v) is 3.59. The third-order valence-electron chi connectivity index (χ3n) is 4.14. The normalized spacial score (nSPS) is 11.0. The van der Waals surface area contributed by atoms with Crippen molar-refractivity contribution < 1.29 is 13.2 Å². The highest BCUT2D eigenvalue weighted by atomic mass is 32.2. The van der Waals surface area contributed by atoms with Gasteiger partial charge in [0.1, 0.15) is 17.9 Å². The molecule has 0 bridgehead atoms. The van der Waals surface area contributed by atoms with Crippen LogP contribution >= 0.6 is 11.8 Å². The summed E-state index contributed by atoms with van der Waals surface area (Å²) < 4.78 is 34.5. The van der Waals surface area contributed by atoms with Crippen LogP contribution in [0.1, 0.15) is 5.69 Å². The van der Waals surface area contributed by atoms with Gasteiger partial charge in [-0.15, -0.1) is 16.8 Å². The molecule has 0 atom stereocenters. The molecule has 5 nitrogen and oxygen atoms in total. The van der Waals surface area contributed by atoms with Crippen LogP contribution in [0.15, 0.2) is 77.0 Å². The molecule has 0 saturated heterocycles. The van der Waals surface area contributed by atoms with Crippen LogP contribution in [0.4, 0.5) is 8.78 Å². The van der Waals surface area contributed by atoms with Gasteiger partial charge >= 0.3 is 0 Å². The molecular formula is C21H16F2N4OS. The average molecular weight is 410 g/mol. The second kappa shape index (κ2) is 8.40. The Kier molecular flexibility index (Phi) is 5.53. The zero-order valence-electron chi connectivity index (χ0n) is 15.3. The van der Waals surface area contributed by atoms with E-state index in [4.69, 9.17) is 4.42 Å². The first-order chi connectivity index (χ1) is 14.2. The molecule has 0 aliphatic rings. The van der Waals surface area contributed by atoms with Crippen molar-refractivity contribution in [3.05, 3.63) is 84.8 Å². The first-order valence-corrected chi connectivity index (χ1v) is 9.76. The van der Waals surface area contributed by atoms with Gasteiger partial charge in [0.2, 0.25) is 5.89 Å². The molecule has 2 aromatic heterocycles. The number of hydrogen-bond donors (Lipinski definition) is 0. The highest BCUT2D eigenvalue weighted by Crippen LogP contribution is 2.28. The van der Waals surface area contributed by atoms with Gasteiger partial charge in [-0.3, -0.25) is 4.57 Å². The Hall–Kier alpha value is -3.26. The van der Waals surface area contributed by atoms with Crippen LogP contribution in [0.2, 0.25) is 0 Å². The molecule has 0 saturated carbocycles. The van der Waals surface area contributed by atoms with Crippen molar-refractivity contribution in [1.29, 1.82) is 0 Å². The van der Waals surface area contributed by atoms with Gasteiger partial charge in [-0.05, 0) is 36.4 Å². The van der Waals surface area contributed by atoms with Crippen LogP contribution in [0, 0.1) is 11.6 Å². The standard InChI is InChI=1S/C21H16F2N4OS/c1-2-11-27-19(17-5-3-4-6-18(17)23)25-26-21(27)29-13-16-12-28-20(24-16)14-7-9-15(22)10-8-14/h2-10,12H,1,11,13H2. The molecule has 29 heavy (non-hydrogen) atoms. The molecule has 8 heteroatoms. The van der Waals surface area contributed by atoms with Crippen LogP contribution in [0.3, 0.4) is 0 Å². The maximum absolute atomic E-state index is 14.2. The lowest BCUT2D eigenvalue weighted by atomic mass is 10.2. The van der Waals surface area contributed by atoms with Crippen molar-refractivity contribution >= 4 is 11.8 Å². The molecular weight excluding hydrogens is 394 g/mol. The van der Waals surface area contributed by atoms with E-state index in [-0.39, 0.29) is 11.6 Å². The Morgan fingerprint density at radius 3 is 2.62 bits per heavy atom. The maximum atomic E-state index is 14.2. The van der Waals surface area contributed by atoms with Crippen molar-refractivity contribution in [1.82, 2.24) is 19.7 Å². The molecule has 0 aliphatic heterocycles. The van der Waals surface area contributed by atoms with Gasteiger partial charge in [-0.1, -0.05) is 30.0 Å². The topological polar surface area (TPSA) is 56.7 Å². The summed E-state index contributed by atoms with van der Waals surface area (Å²) >= 11 is 1.41. The molecule has 4 rings (SSSR count). The summed E-state index contributed by atoms with van der Waals surface area (Å²) in [6.07, 6.45) is 3.26. The summed E-state index contributed by atoms with van der Waals surface area (Å²) in [6, 6.07) is 12.4. The molecule has 2 aromatic carbocycles. The monoisotopic (exact) mass is 410 g/mol. The lowest BCUT2D eigenvalue weighted by molar-refractivity contribution is 0.572. The van der Waals surface area contributed by atoms with Crippen molar-refractivity contribution in [2.75, 3.05) is 0 Å². The van der Waals surface area contributed by atoms with E-state index >= 15 is 0 Å². The van der Waals surface area contributed by atoms with Crippen LogP contribution in [0.25, 0.3) is 22.8 Å². The summed E-state index contributed by atoms with van der Waals surface area (Å²) in [5.74, 6) is 0.667. The SMILES string of the molecule is C=CCn1c(SCc2coc(-c3ccc(F)cc3)n2)nnc1-c1ccccc1F. The molecule has 0 amide bonds. The number of thioether (sulfide) groups is 1. The fourth-order valence-electron chi connectivity index (χ4n) is 2.77. The first-order valence-electron chi connectivity index (χ1n) is 8.78. The number of nitrogens with zero attached hydrogens (tertiary/aromatic N) is 4. The van der Waals surface area contributed by atoms with Crippen molar-refractivity contribution in [3.63, 3.8) is 0 Å². The third kappa shape index (κ3) is 4.12. The average Bonchev–Trinajstić information content (AvgIpc) is 3.35. The number of benzene rings is 2. The smallest absolute Gasteiger partial charge is 0.226 e. The molecule has 0 radical (unpaired) electrons. The van der Waals surface area contributed by atoms with Gasteiger partial charge in [0, 0.05) is 17.9 Å². The minimum absolute atomic E-state index is 0.316. The van der Waals surface area contributed by atoms with Gasteiger partial charge in [-0.25, -0.2) is 13.8 Å². The number of allylic oxidation sites excluding steroid dienone is 1. The Bertz CT molecular complexity index is 1140. The maximum Gasteiger partial charge on any atom is 0.226 e.